The fraction of sp³-hybridized carbons (Fsp3) is 0.433. The third kappa shape index (κ3) is 8.23. The minimum Gasteiger partial charge on any atom is -0.465 e. The number of nitrogens with zero attached hydrogens (tertiary/aromatic N) is 3. The van der Waals surface area contributed by atoms with E-state index in [4.69, 9.17) is 25.6 Å². The van der Waals surface area contributed by atoms with Crippen LogP contribution in [0, 0.1) is 12.3 Å². The molecule has 0 bridgehead atoms. The van der Waals surface area contributed by atoms with E-state index in [0.717, 1.165) is 29.6 Å². The zero-order valence-corrected chi connectivity index (χ0v) is 25.6. The van der Waals surface area contributed by atoms with Gasteiger partial charge in [-0.25, -0.2) is 4.98 Å². The average Bonchev–Trinajstić information content (AvgIpc) is 3.64. The number of imidazole rings is 1. The summed E-state index contributed by atoms with van der Waals surface area (Å²) in [5.41, 5.74) is 9.97. The lowest BCUT2D eigenvalue weighted by Gasteiger charge is -2.33. The summed E-state index contributed by atoms with van der Waals surface area (Å²) in [5, 5.41) is 10.9. The van der Waals surface area contributed by atoms with Crippen molar-refractivity contribution in [3.8, 4) is 0 Å². The molecule has 0 saturated carbocycles. The van der Waals surface area contributed by atoms with Gasteiger partial charge in [-0.15, -0.1) is 12.4 Å². The lowest BCUT2D eigenvalue weighted by atomic mass is 9.97. The molecule has 1 saturated heterocycles. The molecule has 1 amide bonds. The monoisotopic (exact) mass is 613 g/mol. The maximum Gasteiger partial charge on any atom is 0.320 e. The number of likely N-dealkylation sites (tertiary alicyclic amines) is 1. The Morgan fingerprint density at radius 3 is 2.21 bits per heavy atom. The third-order valence-corrected chi connectivity index (χ3v) is 7.24. The standard InChI is InChI=1S/C30H39N7O5.ClH/c1-4-41-25(38)17-37(18-26(39)42-5-2)28(30(40)36-14-6-7-15-36)22-12-13-23-27(19(22)3)35-24(34-23)16-33-21-10-8-20(9-11-21)29(31)32;/h8-13,28,33H,4-7,14-18H2,1-3H3,(H3,31,32)(H,34,35);1H. The molecule has 232 valence electrons. The maximum atomic E-state index is 14.0. The first-order valence-corrected chi connectivity index (χ1v) is 14.2. The van der Waals surface area contributed by atoms with E-state index in [1.807, 2.05) is 31.2 Å². The number of aryl methyl sites for hydroxylation is 1. The van der Waals surface area contributed by atoms with Crippen LogP contribution in [0.5, 0.6) is 0 Å². The van der Waals surface area contributed by atoms with Gasteiger partial charge in [0, 0.05) is 24.3 Å². The number of carbonyl (C=O) groups is 3. The molecule has 5 N–H and O–H groups in total. The van der Waals surface area contributed by atoms with Crippen LogP contribution in [-0.4, -0.2) is 82.8 Å². The van der Waals surface area contributed by atoms with Crippen molar-refractivity contribution in [2.45, 2.75) is 46.2 Å². The van der Waals surface area contributed by atoms with Crippen LogP contribution >= 0.6 is 12.4 Å². The highest BCUT2D eigenvalue weighted by Gasteiger charge is 2.36. The van der Waals surface area contributed by atoms with E-state index in [-0.39, 0.29) is 50.5 Å². The number of H-pyrrole nitrogens is 1. The van der Waals surface area contributed by atoms with Crippen molar-refractivity contribution in [3.63, 3.8) is 0 Å². The van der Waals surface area contributed by atoms with E-state index in [1.165, 1.54) is 0 Å². The van der Waals surface area contributed by atoms with Gasteiger partial charge in [-0.1, -0.05) is 6.07 Å². The molecule has 1 aliphatic rings. The first-order chi connectivity index (χ1) is 20.2. The van der Waals surface area contributed by atoms with Crippen molar-refractivity contribution in [1.82, 2.24) is 19.8 Å². The molecular weight excluding hydrogens is 574 g/mol. The van der Waals surface area contributed by atoms with Crippen LogP contribution in [0.15, 0.2) is 36.4 Å². The number of benzene rings is 2. The Balaban J connectivity index is 0.00000506. The van der Waals surface area contributed by atoms with E-state index in [1.54, 1.807) is 35.8 Å². The highest BCUT2D eigenvalue weighted by atomic mass is 35.5. The second-order valence-electron chi connectivity index (χ2n) is 10.2. The van der Waals surface area contributed by atoms with E-state index < -0.39 is 18.0 Å². The van der Waals surface area contributed by atoms with Crippen LogP contribution in [0.3, 0.4) is 0 Å². The summed E-state index contributed by atoms with van der Waals surface area (Å²) in [6.45, 7) is 6.86. The van der Waals surface area contributed by atoms with Crippen molar-refractivity contribution in [1.29, 1.82) is 5.41 Å². The number of carbonyl (C=O) groups excluding carboxylic acids is 3. The van der Waals surface area contributed by atoms with Crippen LogP contribution in [-0.2, 0) is 30.4 Å². The number of aromatic amines is 1. The molecule has 2 heterocycles. The predicted octanol–water partition coefficient (Wildman–Crippen LogP) is 3.28. The summed E-state index contributed by atoms with van der Waals surface area (Å²) < 4.78 is 10.4. The van der Waals surface area contributed by atoms with Crippen molar-refractivity contribution >= 4 is 52.8 Å². The number of ether oxygens (including phenoxy) is 2. The number of nitrogens with two attached hydrogens (primary N) is 1. The topological polar surface area (TPSA) is 167 Å². The number of anilines is 1. The number of hydrogen-bond donors (Lipinski definition) is 4. The van der Waals surface area contributed by atoms with E-state index >= 15 is 0 Å². The molecule has 12 nitrogen and oxygen atoms in total. The molecular formula is C30H40ClN7O5. The van der Waals surface area contributed by atoms with Gasteiger partial charge in [0.2, 0.25) is 5.91 Å². The molecule has 1 unspecified atom stereocenters. The Hall–Kier alpha value is -4.16. The molecule has 1 aliphatic heterocycles. The summed E-state index contributed by atoms with van der Waals surface area (Å²) in [4.78, 5) is 50.7. The van der Waals surface area contributed by atoms with Gasteiger partial charge in [0.05, 0.1) is 43.9 Å². The van der Waals surface area contributed by atoms with E-state index in [0.29, 0.717) is 42.1 Å². The number of rotatable bonds is 13. The van der Waals surface area contributed by atoms with Gasteiger partial charge in [-0.05, 0) is 75.1 Å². The van der Waals surface area contributed by atoms with Crippen molar-refractivity contribution in [2.24, 2.45) is 5.73 Å². The van der Waals surface area contributed by atoms with Gasteiger partial charge in [0.25, 0.3) is 0 Å². The summed E-state index contributed by atoms with van der Waals surface area (Å²) >= 11 is 0. The number of amides is 1. The number of hydrogen-bond acceptors (Lipinski definition) is 9. The van der Waals surface area contributed by atoms with Crippen LogP contribution in [0.4, 0.5) is 5.69 Å². The number of nitrogen functional groups attached to an aromatic ring is 1. The molecule has 2 aromatic carbocycles. The molecule has 4 rings (SSSR count). The first-order valence-electron chi connectivity index (χ1n) is 14.2. The summed E-state index contributed by atoms with van der Waals surface area (Å²) in [5.74, 6) is -0.517. The summed E-state index contributed by atoms with van der Waals surface area (Å²) in [6.07, 6.45) is 1.80. The van der Waals surface area contributed by atoms with Gasteiger partial charge in [-0.2, -0.15) is 0 Å². The van der Waals surface area contributed by atoms with Crippen LogP contribution in [0.2, 0.25) is 0 Å². The summed E-state index contributed by atoms with van der Waals surface area (Å²) in [7, 11) is 0. The second-order valence-corrected chi connectivity index (χ2v) is 10.2. The molecule has 1 fully saturated rings. The zero-order valence-electron chi connectivity index (χ0n) is 24.8. The lowest BCUT2D eigenvalue weighted by molar-refractivity contribution is -0.151. The number of fused-ring (bicyclic) bond motifs is 1. The fourth-order valence-electron chi connectivity index (χ4n) is 5.19. The Morgan fingerprint density at radius 2 is 1.65 bits per heavy atom. The van der Waals surface area contributed by atoms with Crippen LogP contribution in [0.1, 0.15) is 55.2 Å². The van der Waals surface area contributed by atoms with Gasteiger partial charge < -0.3 is 30.4 Å². The van der Waals surface area contributed by atoms with Crippen molar-refractivity contribution in [2.75, 3.05) is 44.7 Å². The molecule has 0 radical (unpaired) electrons. The van der Waals surface area contributed by atoms with Gasteiger partial charge >= 0.3 is 11.9 Å². The fourth-order valence-corrected chi connectivity index (χ4v) is 5.19. The Labute approximate surface area is 257 Å². The highest BCUT2D eigenvalue weighted by molar-refractivity contribution is 5.95. The Kier molecular flexibility index (Phi) is 11.9. The molecule has 0 aliphatic carbocycles. The SMILES string of the molecule is CCOC(=O)CN(CC(=O)OCC)C(C(=O)N1CCCC1)c1ccc2[nH]c(CNc3ccc(C(=N)N)cc3)nc2c1C.Cl. The van der Waals surface area contributed by atoms with Gasteiger partial charge in [0.15, 0.2) is 0 Å². The average molecular weight is 614 g/mol. The Morgan fingerprint density at radius 1 is 1.05 bits per heavy atom. The molecule has 0 spiro atoms. The number of esters is 2. The number of aromatic nitrogens is 2. The molecule has 1 atom stereocenters. The van der Waals surface area contributed by atoms with Crippen LogP contribution in [0.25, 0.3) is 11.0 Å². The number of amidine groups is 1. The normalized spacial score (nSPS) is 13.4. The molecule has 13 heteroatoms. The third-order valence-electron chi connectivity index (χ3n) is 7.24. The smallest absolute Gasteiger partial charge is 0.320 e. The predicted molar refractivity (Wildman–Crippen MR) is 166 cm³/mol. The van der Waals surface area contributed by atoms with Crippen molar-refractivity contribution in [3.05, 3.63) is 58.9 Å². The number of halogens is 1. The largest absolute Gasteiger partial charge is 0.465 e. The lowest BCUT2D eigenvalue weighted by Crippen LogP contribution is -2.46. The first kappa shape index (κ1) is 33.3. The van der Waals surface area contributed by atoms with Crippen molar-refractivity contribution < 1.29 is 23.9 Å². The van der Waals surface area contributed by atoms with Gasteiger partial charge in [0.1, 0.15) is 17.7 Å². The zero-order chi connectivity index (χ0) is 30.2. The van der Waals surface area contributed by atoms with Crippen LogP contribution < -0.4 is 11.1 Å². The van der Waals surface area contributed by atoms with E-state index in [2.05, 4.69) is 10.3 Å². The minimum absolute atomic E-state index is 0. The van der Waals surface area contributed by atoms with Gasteiger partial charge in [-0.3, -0.25) is 24.7 Å². The maximum absolute atomic E-state index is 14.0. The second kappa shape index (κ2) is 15.4. The molecule has 1 aromatic heterocycles. The minimum atomic E-state index is -0.903. The summed E-state index contributed by atoms with van der Waals surface area (Å²) in [6, 6.07) is 10.1. The molecule has 3 aromatic rings. The van der Waals surface area contributed by atoms with E-state index in [9.17, 15) is 14.4 Å². The highest BCUT2D eigenvalue weighted by Crippen LogP contribution is 2.31. The quantitative estimate of drug-likeness (QED) is 0.128. The number of nitrogens with one attached hydrogen (secondary N) is 3. The molecule has 43 heavy (non-hydrogen) atoms. The Bertz CT molecular complexity index is 1420.